The van der Waals surface area contributed by atoms with Crippen LogP contribution < -0.4 is 5.32 Å². The first-order chi connectivity index (χ1) is 17.2. The van der Waals surface area contributed by atoms with Gasteiger partial charge in [-0.2, -0.15) is 0 Å². The molecule has 1 heterocycles. The van der Waals surface area contributed by atoms with Crippen LogP contribution in [0.25, 0.3) is 11.1 Å². The number of anilines is 1. The maximum absolute atomic E-state index is 12.7. The molecule has 0 spiro atoms. The number of likely N-dealkylation sites (tertiary alicyclic amines) is 1. The van der Waals surface area contributed by atoms with Crippen molar-refractivity contribution in [1.82, 2.24) is 4.90 Å². The summed E-state index contributed by atoms with van der Waals surface area (Å²) in [5.74, 6) is -1.69. The van der Waals surface area contributed by atoms with Gasteiger partial charge < -0.3 is 20.1 Å². The normalized spacial score (nSPS) is 17.9. The van der Waals surface area contributed by atoms with E-state index in [1.807, 2.05) is 63.2 Å². The van der Waals surface area contributed by atoms with Crippen LogP contribution in [0.4, 0.5) is 10.5 Å². The smallest absolute Gasteiger partial charge is 0.410 e. The monoisotopic (exact) mass is 486 g/mol. The fraction of sp³-hybridized carbons (Fsp3) is 0.333. The summed E-state index contributed by atoms with van der Waals surface area (Å²) in [6.07, 6.45) is -0.00503. The largest absolute Gasteiger partial charge is 0.481 e. The molecule has 188 valence electrons. The van der Waals surface area contributed by atoms with E-state index >= 15 is 0 Å². The fourth-order valence-electron chi connectivity index (χ4n) is 4.61. The summed E-state index contributed by atoms with van der Waals surface area (Å²) in [4.78, 5) is 26.3. The zero-order valence-electron chi connectivity index (χ0n) is 21.1. The van der Waals surface area contributed by atoms with Crippen LogP contribution in [0.5, 0.6) is 0 Å². The Hall–Kier alpha value is -3.80. The van der Waals surface area contributed by atoms with E-state index in [0.717, 1.165) is 16.8 Å². The van der Waals surface area contributed by atoms with Crippen LogP contribution in [0.2, 0.25) is 0 Å². The second-order valence-electron chi connectivity index (χ2n) is 10.3. The van der Waals surface area contributed by atoms with Crippen molar-refractivity contribution < 1.29 is 19.4 Å². The summed E-state index contributed by atoms with van der Waals surface area (Å²) in [5, 5.41) is 13.3. The third-order valence-corrected chi connectivity index (χ3v) is 6.45. The average Bonchev–Trinajstić information content (AvgIpc) is 2.87. The average molecular weight is 487 g/mol. The Morgan fingerprint density at radius 3 is 2.33 bits per heavy atom. The molecule has 1 aliphatic rings. The summed E-state index contributed by atoms with van der Waals surface area (Å²) in [6.45, 7) is 6.83. The molecule has 0 unspecified atom stereocenters. The SMILES string of the molecule is CC(C)(C)OC(=O)N1CC[C@@H](C(=O)O)[C@H](c2cccc(NCc3ccc(-c4ccccc4)cc3)c2)C1. The van der Waals surface area contributed by atoms with Crippen LogP contribution in [0.1, 0.15) is 44.2 Å². The van der Waals surface area contributed by atoms with Gasteiger partial charge in [0, 0.05) is 31.2 Å². The Morgan fingerprint density at radius 2 is 1.67 bits per heavy atom. The van der Waals surface area contributed by atoms with Crippen molar-refractivity contribution in [3.05, 3.63) is 90.0 Å². The van der Waals surface area contributed by atoms with E-state index in [1.165, 1.54) is 11.1 Å². The van der Waals surface area contributed by atoms with Crippen molar-refractivity contribution in [2.45, 2.75) is 45.3 Å². The molecule has 0 aliphatic carbocycles. The molecule has 1 amide bonds. The molecule has 2 atom stereocenters. The van der Waals surface area contributed by atoms with Crippen molar-refractivity contribution in [2.24, 2.45) is 5.92 Å². The Bertz CT molecular complexity index is 1190. The first-order valence-electron chi connectivity index (χ1n) is 12.4. The lowest BCUT2D eigenvalue weighted by Gasteiger charge is -2.37. The number of benzene rings is 3. The van der Waals surface area contributed by atoms with E-state index < -0.39 is 23.6 Å². The highest BCUT2D eigenvalue weighted by atomic mass is 16.6. The molecule has 2 N–H and O–H groups in total. The Morgan fingerprint density at radius 1 is 0.972 bits per heavy atom. The summed E-state index contributed by atoms with van der Waals surface area (Å²) in [7, 11) is 0. The minimum atomic E-state index is -0.833. The van der Waals surface area contributed by atoms with Crippen LogP contribution in [0.3, 0.4) is 0 Å². The van der Waals surface area contributed by atoms with Gasteiger partial charge in [-0.25, -0.2) is 4.79 Å². The summed E-state index contributed by atoms with van der Waals surface area (Å²) >= 11 is 0. The van der Waals surface area contributed by atoms with Crippen LogP contribution >= 0.6 is 0 Å². The van der Waals surface area contributed by atoms with Gasteiger partial charge in [-0.15, -0.1) is 0 Å². The number of carbonyl (C=O) groups is 2. The lowest BCUT2D eigenvalue weighted by atomic mass is 9.80. The summed E-state index contributed by atoms with van der Waals surface area (Å²) in [6, 6.07) is 26.6. The highest BCUT2D eigenvalue weighted by Gasteiger charge is 2.38. The highest BCUT2D eigenvalue weighted by molar-refractivity contribution is 5.74. The van der Waals surface area contributed by atoms with E-state index in [2.05, 4.69) is 41.7 Å². The van der Waals surface area contributed by atoms with E-state index in [-0.39, 0.29) is 5.92 Å². The molecule has 3 aromatic carbocycles. The van der Waals surface area contributed by atoms with Gasteiger partial charge in [0.25, 0.3) is 0 Å². The number of aliphatic carboxylic acids is 1. The van der Waals surface area contributed by atoms with E-state index in [1.54, 1.807) is 4.90 Å². The predicted octanol–water partition coefficient (Wildman–Crippen LogP) is 6.39. The lowest BCUT2D eigenvalue weighted by molar-refractivity contribution is -0.144. The molecule has 1 aliphatic heterocycles. The van der Waals surface area contributed by atoms with Gasteiger partial charge >= 0.3 is 12.1 Å². The van der Waals surface area contributed by atoms with Crippen molar-refractivity contribution in [1.29, 1.82) is 0 Å². The second-order valence-corrected chi connectivity index (χ2v) is 10.3. The molecule has 6 heteroatoms. The first kappa shape index (κ1) is 25.3. The molecule has 1 fully saturated rings. The Labute approximate surface area is 212 Å². The van der Waals surface area contributed by atoms with Crippen LogP contribution in [0, 0.1) is 5.92 Å². The summed E-state index contributed by atoms with van der Waals surface area (Å²) < 4.78 is 5.53. The lowest BCUT2D eigenvalue weighted by Crippen LogP contribution is -2.46. The molecule has 0 bridgehead atoms. The number of carbonyl (C=O) groups excluding carboxylic acids is 1. The maximum Gasteiger partial charge on any atom is 0.410 e. The van der Waals surface area contributed by atoms with Crippen molar-refractivity contribution in [2.75, 3.05) is 18.4 Å². The number of nitrogens with zero attached hydrogens (tertiary/aromatic N) is 1. The third-order valence-electron chi connectivity index (χ3n) is 6.45. The van der Waals surface area contributed by atoms with Gasteiger partial charge in [0.2, 0.25) is 0 Å². The molecular formula is C30H34N2O4. The summed E-state index contributed by atoms with van der Waals surface area (Å²) in [5.41, 5.74) is 4.73. The van der Waals surface area contributed by atoms with Gasteiger partial charge in [-0.05, 0) is 61.6 Å². The quantitative estimate of drug-likeness (QED) is 0.422. The van der Waals surface area contributed by atoms with E-state index in [9.17, 15) is 14.7 Å². The van der Waals surface area contributed by atoms with E-state index in [0.29, 0.717) is 26.1 Å². The van der Waals surface area contributed by atoms with Crippen LogP contribution in [0.15, 0.2) is 78.9 Å². The van der Waals surface area contributed by atoms with Gasteiger partial charge in [-0.3, -0.25) is 4.79 Å². The van der Waals surface area contributed by atoms with Crippen molar-refractivity contribution in [3.8, 4) is 11.1 Å². The number of hydrogen-bond acceptors (Lipinski definition) is 4. The number of carboxylic acids is 1. The molecular weight excluding hydrogens is 452 g/mol. The molecule has 6 nitrogen and oxygen atoms in total. The van der Waals surface area contributed by atoms with Gasteiger partial charge in [-0.1, -0.05) is 66.7 Å². The topological polar surface area (TPSA) is 78.9 Å². The van der Waals surface area contributed by atoms with Crippen LogP contribution in [-0.4, -0.2) is 40.8 Å². The van der Waals surface area contributed by atoms with Gasteiger partial charge in [0.1, 0.15) is 5.60 Å². The molecule has 0 radical (unpaired) electrons. The minimum absolute atomic E-state index is 0.310. The van der Waals surface area contributed by atoms with Gasteiger partial charge in [0.05, 0.1) is 5.92 Å². The number of amides is 1. The number of piperidine rings is 1. The van der Waals surface area contributed by atoms with Gasteiger partial charge in [0.15, 0.2) is 0 Å². The zero-order chi connectivity index (χ0) is 25.7. The zero-order valence-corrected chi connectivity index (χ0v) is 21.1. The second kappa shape index (κ2) is 10.9. The molecule has 3 aromatic rings. The Kier molecular flexibility index (Phi) is 7.63. The van der Waals surface area contributed by atoms with E-state index in [4.69, 9.17) is 4.74 Å². The van der Waals surface area contributed by atoms with Crippen molar-refractivity contribution in [3.63, 3.8) is 0 Å². The number of carboxylic acid groups (broad SMARTS) is 1. The maximum atomic E-state index is 12.7. The predicted molar refractivity (Wildman–Crippen MR) is 142 cm³/mol. The highest BCUT2D eigenvalue weighted by Crippen LogP contribution is 2.34. The molecule has 4 rings (SSSR count). The molecule has 1 saturated heterocycles. The molecule has 0 aromatic heterocycles. The third kappa shape index (κ3) is 6.45. The number of ether oxygens (including phenoxy) is 1. The first-order valence-corrected chi connectivity index (χ1v) is 12.4. The number of rotatable bonds is 6. The number of hydrogen-bond donors (Lipinski definition) is 2. The minimum Gasteiger partial charge on any atom is -0.481 e. The fourth-order valence-corrected chi connectivity index (χ4v) is 4.61. The standard InChI is InChI=1S/C30H34N2O4/c1-30(2,3)36-29(35)32-17-16-26(28(33)34)27(20-32)24-10-7-11-25(18-24)31-19-21-12-14-23(15-13-21)22-8-5-4-6-9-22/h4-15,18,26-27,31H,16-17,19-20H2,1-3H3,(H,33,34)/t26-,27+/m1/s1. The Balaban J connectivity index is 1.45. The number of nitrogens with one attached hydrogen (secondary N) is 1. The molecule has 36 heavy (non-hydrogen) atoms. The molecule has 0 saturated carbocycles. The van der Waals surface area contributed by atoms with Crippen LogP contribution in [-0.2, 0) is 16.1 Å². The van der Waals surface area contributed by atoms with Crippen molar-refractivity contribution >= 4 is 17.7 Å².